The van der Waals surface area contributed by atoms with Gasteiger partial charge in [-0.1, -0.05) is 0 Å². The van der Waals surface area contributed by atoms with Gasteiger partial charge in [0.05, 0.1) is 5.69 Å². The molecule has 1 atom stereocenters. The zero-order valence-corrected chi connectivity index (χ0v) is 15.1. The molecule has 0 aliphatic rings. The Morgan fingerprint density at radius 2 is 1.88 bits per heavy atom. The molecule has 2 rings (SSSR count). The lowest BCUT2D eigenvalue weighted by Crippen LogP contribution is -2.34. The molecule has 0 bridgehead atoms. The van der Waals surface area contributed by atoms with E-state index in [-0.39, 0.29) is 11.6 Å². The standard InChI is InChI=1S/C16H22F3N5O/c1-9-7-14(16(17,18)19)21-24(9)12(4)15(25)22(5)8-13-10(2)20-23(6)11(13)3/h7,12H,8H2,1-6H3. The minimum atomic E-state index is -4.53. The zero-order valence-electron chi connectivity index (χ0n) is 15.1. The third-order valence-electron chi connectivity index (χ3n) is 4.37. The van der Waals surface area contributed by atoms with Gasteiger partial charge in [0, 0.05) is 37.6 Å². The molecular weight excluding hydrogens is 335 g/mol. The fraction of sp³-hybridized carbons (Fsp3) is 0.562. The summed E-state index contributed by atoms with van der Waals surface area (Å²) in [6.45, 7) is 7.15. The maximum atomic E-state index is 12.8. The summed E-state index contributed by atoms with van der Waals surface area (Å²) in [6.07, 6.45) is -4.53. The molecule has 2 aromatic rings. The van der Waals surface area contributed by atoms with Crippen LogP contribution in [0, 0.1) is 20.8 Å². The van der Waals surface area contributed by atoms with Crippen LogP contribution in [0.15, 0.2) is 6.07 Å². The second-order valence-corrected chi connectivity index (χ2v) is 6.26. The Kier molecular flexibility index (Phi) is 4.97. The molecule has 2 heterocycles. The third kappa shape index (κ3) is 3.69. The summed E-state index contributed by atoms with van der Waals surface area (Å²) in [5, 5.41) is 7.87. The predicted octanol–water partition coefficient (Wildman–Crippen LogP) is 2.78. The van der Waals surface area contributed by atoms with Gasteiger partial charge >= 0.3 is 6.18 Å². The fourth-order valence-corrected chi connectivity index (χ4v) is 2.80. The molecule has 0 saturated carbocycles. The number of hydrogen-bond donors (Lipinski definition) is 0. The lowest BCUT2D eigenvalue weighted by atomic mass is 10.1. The Hall–Kier alpha value is -2.32. The summed E-state index contributed by atoms with van der Waals surface area (Å²) in [4.78, 5) is 14.1. The van der Waals surface area contributed by atoms with E-state index in [1.54, 1.807) is 18.7 Å². The number of carbonyl (C=O) groups excluding carboxylic acids is 1. The van der Waals surface area contributed by atoms with Crippen molar-refractivity contribution in [3.05, 3.63) is 34.4 Å². The summed E-state index contributed by atoms with van der Waals surface area (Å²) < 4.78 is 41.3. The highest BCUT2D eigenvalue weighted by atomic mass is 19.4. The van der Waals surface area contributed by atoms with Gasteiger partial charge in [0.1, 0.15) is 6.04 Å². The Balaban J connectivity index is 2.21. The van der Waals surface area contributed by atoms with E-state index in [0.717, 1.165) is 27.7 Å². The first-order valence-electron chi connectivity index (χ1n) is 7.80. The van der Waals surface area contributed by atoms with Crippen LogP contribution in [-0.2, 0) is 24.6 Å². The quantitative estimate of drug-likeness (QED) is 0.845. The van der Waals surface area contributed by atoms with Crippen LogP contribution in [0.3, 0.4) is 0 Å². The van der Waals surface area contributed by atoms with E-state index in [2.05, 4.69) is 10.2 Å². The molecule has 2 aromatic heterocycles. The van der Waals surface area contributed by atoms with Crippen molar-refractivity contribution in [2.24, 2.45) is 7.05 Å². The Morgan fingerprint density at radius 3 is 2.32 bits per heavy atom. The highest BCUT2D eigenvalue weighted by molar-refractivity contribution is 5.79. The smallest absolute Gasteiger partial charge is 0.339 e. The van der Waals surface area contributed by atoms with Crippen molar-refractivity contribution in [1.82, 2.24) is 24.5 Å². The van der Waals surface area contributed by atoms with Gasteiger partial charge < -0.3 is 4.90 Å². The molecule has 1 unspecified atom stereocenters. The van der Waals surface area contributed by atoms with Crippen LogP contribution in [0.5, 0.6) is 0 Å². The number of nitrogens with zero attached hydrogens (tertiary/aromatic N) is 5. The van der Waals surface area contributed by atoms with E-state index < -0.39 is 17.9 Å². The van der Waals surface area contributed by atoms with E-state index in [4.69, 9.17) is 0 Å². The summed E-state index contributed by atoms with van der Waals surface area (Å²) in [7, 11) is 3.44. The predicted molar refractivity (Wildman–Crippen MR) is 85.8 cm³/mol. The molecule has 0 radical (unpaired) electrons. The van der Waals surface area contributed by atoms with E-state index >= 15 is 0 Å². The van der Waals surface area contributed by atoms with Crippen LogP contribution in [0.1, 0.15) is 41.3 Å². The van der Waals surface area contributed by atoms with Gasteiger partial charge in [-0.15, -0.1) is 0 Å². The molecule has 0 saturated heterocycles. The number of aromatic nitrogens is 4. The summed E-state index contributed by atoms with van der Waals surface area (Å²) in [5.41, 5.74) is 1.99. The molecule has 138 valence electrons. The Bertz CT molecular complexity index is 791. The van der Waals surface area contributed by atoms with E-state index in [0.29, 0.717) is 6.54 Å². The number of amides is 1. The van der Waals surface area contributed by atoms with Crippen molar-refractivity contribution in [2.45, 2.75) is 46.5 Å². The number of aryl methyl sites for hydroxylation is 3. The van der Waals surface area contributed by atoms with Gasteiger partial charge in [0.15, 0.2) is 5.69 Å². The maximum absolute atomic E-state index is 12.8. The molecule has 0 aromatic carbocycles. The number of halogens is 3. The molecule has 0 spiro atoms. The lowest BCUT2D eigenvalue weighted by Gasteiger charge is -2.22. The Morgan fingerprint density at radius 1 is 1.28 bits per heavy atom. The minimum absolute atomic E-state index is 0.287. The first-order valence-corrected chi connectivity index (χ1v) is 7.80. The molecule has 9 heteroatoms. The average Bonchev–Trinajstić information content (AvgIpc) is 3.01. The minimum Gasteiger partial charge on any atom is -0.339 e. The number of likely N-dealkylation sites (N-methyl/N-ethyl adjacent to an activating group) is 1. The normalized spacial score (nSPS) is 13.2. The van der Waals surface area contributed by atoms with Crippen molar-refractivity contribution in [1.29, 1.82) is 0 Å². The fourth-order valence-electron chi connectivity index (χ4n) is 2.80. The van der Waals surface area contributed by atoms with Crippen molar-refractivity contribution in [2.75, 3.05) is 7.05 Å². The molecule has 6 nitrogen and oxygen atoms in total. The number of carbonyl (C=O) groups is 1. The van der Waals surface area contributed by atoms with Crippen LogP contribution < -0.4 is 0 Å². The second-order valence-electron chi connectivity index (χ2n) is 6.26. The van der Waals surface area contributed by atoms with Crippen molar-refractivity contribution >= 4 is 5.91 Å². The lowest BCUT2D eigenvalue weighted by molar-refractivity contribution is -0.142. The highest BCUT2D eigenvalue weighted by Gasteiger charge is 2.35. The highest BCUT2D eigenvalue weighted by Crippen LogP contribution is 2.29. The van der Waals surface area contributed by atoms with Crippen LogP contribution in [-0.4, -0.2) is 37.4 Å². The topological polar surface area (TPSA) is 56.0 Å². The molecular formula is C16H22F3N5O. The SMILES string of the molecule is Cc1nn(C)c(C)c1CN(C)C(=O)C(C)n1nc(C(F)(F)F)cc1C. The van der Waals surface area contributed by atoms with Crippen LogP contribution in [0.25, 0.3) is 0 Å². The van der Waals surface area contributed by atoms with Gasteiger partial charge in [0.25, 0.3) is 0 Å². The third-order valence-corrected chi connectivity index (χ3v) is 4.37. The first kappa shape index (κ1) is 19.0. The molecule has 0 N–H and O–H groups in total. The first-order chi connectivity index (χ1) is 11.4. The van der Waals surface area contributed by atoms with Crippen LogP contribution in [0.2, 0.25) is 0 Å². The average molecular weight is 357 g/mol. The largest absolute Gasteiger partial charge is 0.435 e. The zero-order chi connectivity index (χ0) is 19.1. The van der Waals surface area contributed by atoms with Crippen molar-refractivity contribution in [3.63, 3.8) is 0 Å². The number of hydrogen-bond acceptors (Lipinski definition) is 3. The van der Waals surface area contributed by atoms with Gasteiger partial charge in [-0.3, -0.25) is 14.2 Å². The van der Waals surface area contributed by atoms with Crippen molar-refractivity contribution < 1.29 is 18.0 Å². The summed E-state index contributed by atoms with van der Waals surface area (Å²) in [6, 6.07) is 0.109. The van der Waals surface area contributed by atoms with Gasteiger partial charge in [-0.25, -0.2) is 0 Å². The molecule has 0 fully saturated rings. The van der Waals surface area contributed by atoms with Gasteiger partial charge in [0.2, 0.25) is 5.91 Å². The van der Waals surface area contributed by atoms with E-state index in [1.807, 2.05) is 20.9 Å². The maximum Gasteiger partial charge on any atom is 0.435 e. The van der Waals surface area contributed by atoms with Gasteiger partial charge in [-0.2, -0.15) is 23.4 Å². The monoisotopic (exact) mass is 357 g/mol. The number of alkyl halides is 3. The van der Waals surface area contributed by atoms with Crippen molar-refractivity contribution in [3.8, 4) is 0 Å². The van der Waals surface area contributed by atoms with E-state index in [1.165, 1.54) is 11.8 Å². The molecule has 0 aliphatic heterocycles. The van der Waals surface area contributed by atoms with E-state index in [9.17, 15) is 18.0 Å². The Labute approximate surface area is 144 Å². The van der Waals surface area contributed by atoms with Crippen LogP contribution >= 0.6 is 0 Å². The molecule has 25 heavy (non-hydrogen) atoms. The molecule has 1 amide bonds. The number of rotatable bonds is 4. The van der Waals surface area contributed by atoms with Crippen LogP contribution in [0.4, 0.5) is 13.2 Å². The summed E-state index contributed by atoms with van der Waals surface area (Å²) >= 11 is 0. The molecule has 0 aliphatic carbocycles. The van der Waals surface area contributed by atoms with Gasteiger partial charge in [-0.05, 0) is 33.8 Å². The summed E-state index contributed by atoms with van der Waals surface area (Å²) in [5.74, 6) is -0.317. The second kappa shape index (κ2) is 6.53.